The van der Waals surface area contributed by atoms with Crippen LogP contribution in [-0.2, 0) is 23.4 Å². The third-order valence-corrected chi connectivity index (χ3v) is 5.46. The van der Waals surface area contributed by atoms with Crippen LogP contribution in [0.3, 0.4) is 0 Å². The summed E-state index contributed by atoms with van der Waals surface area (Å²) in [6.07, 6.45) is 4.44. The van der Waals surface area contributed by atoms with E-state index >= 15 is 0 Å². The molecule has 0 aliphatic heterocycles. The Morgan fingerprint density at radius 2 is 2.08 bits per heavy atom. The number of carbonyl (C=O) groups excluding carboxylic acids is 1. The molecule has 5 nitrogen and oxygen atoms in total. The maximum atomic E-state index is 12.3. The van der Waals surface area contributed by atoms with Gasteiger partial charge in [0.15, 0.2) is 5.16 Å². The highest BCUT2D eigenvalue weighted by molar-refractivity contribution is 7.98. The minimum Gasteiger partial charge on any atom is -0.407 e. The van der Waals surface area contributed by atoms with Crippen LogP contribution in [0.1, 0.15) is 49.6 Å². The number of fused-ring (bicyclic) bond motifs is 1. The number of hydrogen-bond acceptors (Lipinski definition) is 6. The van der Waals surface area contributed by atoms with Crippen LogP contribution in [-0.4, -0.2) is 20.9 Å². The first-order chi connectivity index (χ1) is 12.3. The van der Waals surface area contributed by atoms with Gasteiger partial charge in [-0.3, -0.25) is 4.79 Å². The van der Waals surface area contributed by atoms with Crippen molar-refractivity contribution in [3.8, 4) is 5.88 Å². The normalized spacial score (nSPS) is 13.6. The monoisotopic (exact) mass is 391 g/mol. The maximum Gasteiger partial charge on any atom is 0.317 e. The lowest BCUT2D eigenvalue weighted by atomic mass is 9.97. The molecule has 0 unspecified atom stereocenters. The first-order valence-electron chi connectivity index (χ1n) is 8.60. The molecule has 0 atom stereocenters. The van der Waals surface area contributed by atoms with E-state index in [1.54, 1.807) is 6.20 Å². The predicted molar refractivity (Wildman–Crippen MR) is 103 cm³/mol. The van der Waals surface area contributed by atoms with Crippen molar-refractivity contribution in [3.63, 3.8) is 0 Å². The number of pyridine rings is 1. The van der Waals surface area contributed by atoms with E-state index in [9.17, 15) is 4.79 Å². The molecule has 3 rings (SSSR count). The lowest BCUT2D eigenvalue weighted by molar-refractivity contribution is -0.143. The fraction of sp³-hybridized carbons (Fsp3) is 0.474. The number of aromatic nitrogens is 3. The lowest BCUT2D eigenvalue weighted by Gasteiger charge is -2.17. The molecule has 0 saturated carbocycles. The van der Waals surface area contributed by atoms with Crippen LogP contribution in [0.2, 0.25) is 5.15 Å². The standard InChI is InChI=1S/C19H22ClN3O2S/c1-11-8-9-21-15(20)13(11)10-26-18-22-14-7-5-6-12(14)16(23-18)25-17(24)19(2,3)4/h8-9H,5-7,10H2,1-4H3. The van der Waals surface area contributed by atoms with Crippen LogP contribution >= 0.6 is 23.4 Å². The average Bonchev–Trinajstić information content (AvgIpc) is 3.02. The van der Waals surface area contributed by atoms with E-state index < -0.39 is 5.41 Å². The average molecular weight is 392 g/mol. The molecule has 2 aromatic rings. The summed E-state index contributed by atoms with van der Waals surface area (Å²) in [4.78, 5) is 25.6. The third kappa shape index (κ3) is 4.18. The Kier molecular flexibility index (Phi) is 5.53. The zero-order valence-corrected chi connectivity index (χ0v) is 17.0. The predicted octanol–water partition coefficient (Wildman–Crippen LogP) is 4.57. The molecule has 138 valence electrons. The fourth-order valence-electron chi connectivity index (χ4n) is 2.63. The van der Waals surface area contributed by atoms with E-state index in [4.69, 9.17) is 16.3 Å². The largest absolute Gasteiger partial charge is 0.407 e. The van der Waals surface area contributed by atoms with Crippen LogP contribution in [0.15, 0.2) is 17.4 Å². The van der Waals surface area contributed by atoms with Gasteiger partial charge in [-0.15, -0.1) is 0 Å². The summed E-state index contributed by atoms with van der Waals surface area (Å²) in [6.45, 7) is 7.50. The van der Waals surface area contributed by atoms with Gasteiger partial charge in [0.05, 0.1) is 11.1 Å². The van der Waals surface area contributed by atoms with Crippen molar-refractivity contribution < 1.29 is 9.53 Å². The van der Waals surface area contributed by atoms with Gasteiger partial charge in [-0.1, -0.05) is 23.4 Å². The zero-order valence-electron chi connectivity index (χ0n) is 15.4. The van der Waals surface area contributed by atoms with Gasteiger partial charge >= 0.3 is 5.97 Å². The quantitative estimate of drug-likeness (QED) is 0.329. The number of ether oxygens (including phenoxy) is 1. The van der Waals surface area contributed by atoms with Crippen molar-refractivity contribution in [2.45, 2.75) is 57.9 Å². The molecular formula is C19H22ClN3O2S. The van der Waals surface area contributed by atoms with Crippen LogP contribution in [0.5, 0.6) is 5.88 Å². The molecule has 1 aliphatic rings. The van der Waals surface area contributed by atoms with Crippen molar-refractivity contribution >= 4 is 29.3 Å². The summed E-state index contributed by atoms with van der Waals surface area (Å²) in [5.41, 5.74) is 3.41. The van der Waals surface area contributed by atoms with Crippen molar-refractivity contribution in [1.82, 2.24) is 15.0 Å². The van der Waals surface area contributed by atoms with Crippen molar-refractivity contribution in [3.05, 3.63) is 39.8 Å². The molecule has 7 heteroatoms. The highest BCUT2D eigenvalue weighted by Crippen LogP contribution is 2.33. The van der Waals surface area contributed by atoms with Crippen LogP contribution in [0.4, 0.5) is 0 Å². The Hall–Kier alpha value is -1.66. The van der Waals surface area contributed by atoms with E-state index in [0.717, 1.165) is 41.6 Å². The molecule has 0 aromatic carbocycles. The number of nitrogens with zero attached hydrogens (tertiary/aromatic N) is 3. The summed E-state index contributed by atoms with van der Waals surface area (Å²) in [5, 5.41) is 1.10. The minimum atomic E-state index is -0.579. The lowest BCUT2D eigenvalue weighted by Crippen LogP contribution is -2.26. The Labute approximate surface area is 162 Å². The van der Waals surface area contributed by atoms with Gasteiger partial charge in [0.1, 0.15) is 5.15 Å². The first kappa shape index (κ1) is 19.1. The number of rotatable bonds is 4. The highest BCUT2D eigenvalue weighted by Gasteiger charge is 2.28. The second-order valence-corrected chi connectivity index (χ2v) is 8.72. The summed E-state index contributed by atoms with van der Waals surface area (Å²) in [6, 6.07) is 1.93. The molecule has 2 heterocycles. The molecule has 0 radical (unpaired) electrons. The molecular weight excluding hydrogens is 370 g/mol. The van der Waals surface area contributed by atoms with Crippen molar-refractivity contribution in [2.24, 2.45) is 5.41 Å². The SMILES string of the molecule is Cc1ccnc(Cl)c1CSc1nc2c(c(OC(=O)C(C)(C)C)n1)CCC2. The summed E-state index contributed by atoms with van der Waals surface area (Å²) in [7, 11) is 0. The number of thioether (sulfide) groups is 1. The first-order valence-corrected chi connectivity index (χ1v) is 9.97. The van der Waals surface area contributed by atoms with Gasteiger partial charge in [-0.05, 0) is 58.6 Å². The van der Waals surface area contributed by atoms with E-state index in [0.29, 0.717) is 21.9 Å². The maximum absolute atomic E-state index is 12.3. The van der Waals surface area contributed by atoms with E-state index in [-0.39, 0.29) is 5.97 Å². The molecule has 0 amide bonds. The zero-order chi connectivity index (χ0) is 18.9. The number of hydrogen-bond donors (Lipinski definition) is 0. The smallest absolute Gasteiger partial charge is 0.317 e. The second kappa shape index (κ2) is 7.53. The van der Waals surface area contributed by atoms with Gasteiger partial charge in [0.25, 0.3) is 0 Å². The molecule has 26 heavy (non-hydrogen) atoms. The number of aryl methyl sites for hydroxylation is 2. The summed E-state index contributed by atoms with van der Waals surface area (Å²) in [5.74, 6) is 0.737. The summed E-state index contributed by atoms with van der Waals surface area (Å²) >= 11 is 7.68. The summed E-state index contributed by atoms with van der Waals surface area (Å²) < 4.78 is 5.62. The molecule has 1 aliphatic carbocycles. The van der Waals surface area contributed by atoms with Gasteiger partial charge in [-0.25, -0.2) is 9.97 Å². The Morgan fingerprint density at radius 3 is 2.77 bits per heavy atom. The molecule has 0 N–H and O–H groups in total. The fourth-order valence-corrected chi connectivity index (χ4v) is 3.94. The van der Waals surface area contributed by atoms with Crippen molar-refractivity contribution in [1.29, 1.82) is 0 Å². The molecule has 0 saturated heterocycles. The van der Waals surface area contributed by atoms with Gasteiger partial charge in [0.2, 0.25) is 5.88 Å². The van der Waals surface area contributed by atoms with Gasteiger partial charge < -0.3 is 4.74 Å². The van der Waals surface area contributed by atoms with E-state index in [2.05, 4.69) is 15.0 Å². The molecule has 0 fully saturated rings. The Bertz CT molecular complexity index is 829. The second-order valence-electron chi connectivity index (χ2n) is 7.42. The van der Waals surface area contributed by atoms with Crippen LogP contribution < -0.4 is 4.74 Å². The molecule has 0 spiro atoms. The molecule has 2 aromatic heterocycles. The number of carbonyl (C=O) groups is 1. The van der Waals surface area contributed by atoms with Gasteiger partial charge in [-0.2, -0.15) is 4.98 Å². The molecule has 0 bridgehead atoms. The topological polar surface area (TPSA) is 65.0 Å². The van der Waals surface area contributed by atoms with Crippen molar-refractivity contribution in [2.75, 3.05) is 0 Å². The Morgan fingerprint density at radius 1 is 1.31 bits per heavy atom. The van der Waals surface area contributed by atoms with Crippen LogP contribution in [0, 0.1) is 12.3 Å². The van der Waals surface area contributed by atoms with Crippen LogP contribution in [0.25, 0.3) is 0 Å². The van der Waals surface area contributed by atoms with E-state index in [1.807, 2.05) is 33.8 Å². The number of esters is 1. The van der Waals surface area contributed by atoms with Gasteiger partial charge in [0, 0.05) is 23.1 Å². The van der Waals surface area contributed by atoms with E-state index in [1.165, 1.54) is 11.8 Å². The Balaban J connectivity index is 1.85. The number of halogens is 1. The third-order valence-electron chi connectivity index (χ3n) is 4.26. The highest BCUT2D eigenvalue weighted by atomic mass is 35.5. The minimum absolute atomic E-state index is 0.285.